The van der Waals surface area contributed by atoms with Gasteiger partial charge in [-0.2, -0.15) is 0 Å². The SMILES string of the molecule is C=C(Cc1ccc(OC)cc1)C(=CC)CC. The van der Waals surface area contributed by atoms with Crippen LogP contribution < -0.4 is 4.74 Å². The standard InChI is InChI=1S/C15H20O/c1-5-14(6-2)12(3)11-13-7-9-15(16-4)10-8-13/h5,7-10H,3,6,11H2,1-2,4H3. The summed E-state index contributed by atoms with van der Waals surface area (Å²) >= 11 is 0. The first-order valence-corrected chi connectivity index (χ1v) is 5.67. The van der Waals surface area contributed by atoms with Gasteiger partial charge in [0.2, 0.25) is 0 Å². The van der Waals surface area contributed by atoms with Crippen molar-refractivity contribution in [2.75, 3.05) is 7.11 Å². The molecule has 1 rings (SSSR count). The van der Waals surface area contributed by atoms with Gasteiger partial charge in [-0.15, -0.1) is 0 Å². The van der Waals surface area contributed by atoms with Gasteiger partial charge in [0.05, 0.1) is 7.11 Å². The molecular weight excluding hydrogens is 196 g/mol. The molecule has 0 fully saturated rings. The summed E-state index contributed by atoms with van der Waals surface area (Å²) in [4.78, 5) is 0. The Hall–Kier alpha value is -1.50. The normalized spacial score (nSPS) is 11.3. The quantitative estimate of drug-likeness (QED) is 0.672. The van der Waals surface area contributed by atoms with E-state index in [-0.39, 0.29) is 0 Å². The lowest BCUT2D eigenvalue weighted by Crippen LogP contribution is -1.93. The van der Waals surface area contributed by atoms with Gasteiger partial charge in [0.1, 0.15) is 5.75 Å². The van der Waals surface area contributed by atoms with Crippen molar-refractivity contribution in [3.63, 3.8) is 0 Å². The van der Waals surface area contributed by atoms with Crippen LogP contribution in [0.1, 0.15) is 25.8 Å². The smallest absolute Gasteiger partial charge is 0.118 e. The van der Waals surface area contributed by atoms with Gasteiger partial charge in [-0.3, -0.25) is 0 Å². The van der Waals surface area contributed by atoms with E-state index in [1.807, 2.05) is 12.1 Å². The lowest BCUT2D eigenvalue weighted by molar-refractivity contribution is 0.414. The molecule has 0 heterocycles. The highest BCUT2D eigenvalue weighted by Gasteiger charge is 2.01. The second-order valence-electron chi connectivity index (χ2n) is 3.80. The van der Waals surface area contributed by atoms with Gasteiger partial charge in [0.15, 0.2) is 0 Å². The highest BCUT2D eigenvalue weighted by atomic mass is 16.5. The number of benzene rings is 1. The molecule has 1 nitrogen and oxygen atoms in total. The van der Waals surface area contributed by atoms with Crippen molar-refractivity contribution >= 4 is 0 Å². The maximum absolute atomic E-state index is 5.13. The molecule has 0 aliphatic rings. The van der Waals surface area contributed by atoms with Gasteiger partial charge in [-0.05, 0) is 48.6 Å². The highest BCUT2D eigenvalue weighted by Crippen LogP contribution is 2.19. The Kier molecular flexibility index (Phi) is 4.84. The zero-order valence-electron chi connectivity index (χ0n) is 10.4. The number of hydrogen-bond acceptors (Lipinski definition) is 1. The third kappa shape index (κ3) is 3.27. The van der Waals surface area contributed by atoms with E-state index in [9.17, 15) is 0 Å². The maximum Gasteiger partial charge on any atom is 0.118 e. The first kappa shape index (κ1) is 12.6. The van der Waals surface area contributed by atoms with Crippen LogP contribution in [0, 0.1) is 0 Å². The molecule has 0 aliphatic heterocycles. The Morgan fingerprint density at radius 2 is 1.94 bits per heavy atom. The third-order valence-corrected chi connectivity index (χ3v) is 2.76. The van der Waals surface area contributed by atoms with E-state index in [1.165, 1.54) is 16.7 Å². The number of allylic oxidation sites excluding steroid dienone is 3. The number of hydrogen-bond donors (Lipinski definition) is 0. The van der Waals surface area contributed by atoms with E-state index >= 15 is 0 Å². The lowest BCUT2D eigenvalue weighted by Gasteiger charge is -2.09. The van der Waals surface area contributed by atoms with Gasteiger partial charge >= 0.3 is 0 Å². The minimum atomic E-state index is 0.899. The Morgan fingerprint density at radius 3 is 2.38 bits per heavy atom. The van der Waals surface area contributed by atoms with E-state index in [4.69, 9.17) is 4.74 Å². The molecule has 0 aromatic heterocycles. The van der Waals surface area contributed by atoms with Gasteiger partial charge in [-0.25, -0.2) is 0 Å². The topological polar surface area (TPSA) is 9.23 Å². The molecule has 16 heavy (non-hydrogen) atoms. The zero-order valence-corrected chi connectivity index (χ0v) is 10.4. The fraction of sp³-hybridized carbons (Fsp3) is 0.333. The summed E-state index contributed by atoms with van der Waals surface area (Å²) in [5, 5.41) is 0. The van der Waals surface area contributed by atoms with Crippen LogP contribution in [0.3, 0.4) is 0 Å². The van der Waals surface area contributed by atoms with E-state index in [0.29, 0.717) is 0 Å². The summed E-state index contributed by atoms with van der Waals surface area (Å²) in [6, 6.07) is 8.16. The lowest BCUT2D eigenvalue weighted by atomic mass is 9.98. The molecule has 86 valence electrons. The molecular formula is C15H20O. The van der Waals surface area contributed by atoms with Crippen molar-refractivity contribution in [3.05, 3.63) is 53.6 Å². The summed E-state index contributed by atoms with van der Waals surface area (Å²) in [5.41, 5.74) is 3.82. The third-order valence-electron chi connectivity index (χ3n) is 2.76. The highest BCUT2D eigenvalue weighted by molar-refractivity contribution is 5.35. The van der Waals surface area contributed by atoms with Gasteiger partial charge < -0.3 is 4.74 Å². The van der Waals surface area contributed by atoms with Gasteiger partial charge in [-0.1, -0.05) is 31.7 Å². The molecule has 0 N–H and O–H groups in total. The monoisotopic (exact) mass is 216 g/mol. The van der Waals surface area contributed by atoms with Crippen molar-refractivity contribution in [3.8, 4) is 5.75 Å². The predicted octanol–water partition coefficient (Wildman–Crippen LogP) is 4.15. The summed E-state index contributed by atoms with van der Waals surface area (Å²) in [5.74, 6) is 0.899. The van der Waals surface area contributed by atoms with Crippen LogP contribution >= 0.6 is 0 Å². The Balaban J connectivity index is 2.69. The van der Waals surface area contributed by atoms with Crippen LogP contribution in [0.2, 0.25) is 0 Å². The molecule has 0 atom stereocenters. The second kappa shape index (κ2) is 6.16. The fourth-order valence-corrected chi connectivity index (χ4v) is 1.76. The maximum atomic E-state index is 5.13. The molecule has 0 bridgehead atoms. The van der Waals surface area contributed by atoms with Crippen LogP contribution in [0.25, 0.3) is 0 Å². The van der Waals surface area contributed by atoms with Crippen LogP contribution in [-0.2, 0) is 6.42 Å². The Bertz CT molecular complexity index is 371. The van der Waals surface area contributed by atoms with Crippen LogP contribution in [0.4, 0.5) is 0 Å². The molecule has 1 heteroatoms. The molecule has 0 unspecified atom stereocenters. The molecule has 0 spiro atoms. The summed E-state index contributed by atoms with van der Waals surface area (Å²) < 4.78 is 5.13. The van der Waals surface area contributed by atoms with Crippen LogP contribution in [-0.4, -0.2) is 7.11 Å². The van der Waals surface area contributed by atoms with Gasteiger partial charge in [0.25, 0.3) is 0 Å². The number of rotatable bonds is 5. The average Bonchev–Trinajstić information content (AvgIpc) is 2.31. The zero-order chi connectivity index (χ0) is 12.0. The van der Waals surface area contributed by atoms with E-state index in [2.05, 4.69) is 38.6 Å². The molecule has 0 saturated carbocycles. The van der Waals surface area contributed by atoms with E-state index in [1.54, 1.807) is 7.11 Å². The minimum absolute atomic E-state index is 0.899. The van der Waals surface area contributed by atoms with Crippen LogP contribution in [0.15, 0.2) is 48.1 Å². The van der Waals surface area contributed by atoms with E-state index in [0.717, 1.165) is 18.6 Å². The Morgan fingerprint density at radius 1 is 1.31 bits per heavy atom. The number of ether oxygens (including phenoxy) is 1. The molecule has 0 radical (unpaired) electrons. The summed E-state index contributed by atoms with van der Waals surface area (Å²) in [7, 11) is 1.68. The molecule has 1 aromatic rings. The average molecular weight is 216 g/mol. The molecule has 0 saturated heterocycles. The fourth-order valence-electron chi connectivity index (χ4n) is 1.76. The molecule has 1 aromatic carbocycles. The van der Waals surface area contributed by atoms with Crippen molar-refractivity contribution in [1.82, 2.24) is 0 Å². The number of methoxy groups -OCH3 is 1. The van der Waals surface area contributed by atoms with Crippen molar-refractivity contribution < 1.29 is 4.74 Å². The minimum Gasteiger partial charge on any atom is -0.497 e. The van der Waals surface area contributed by atoms with Crippen molar-refractivity contribution in [2.45, 2.75) is 26.7 Å². The molecule has 0 aliphatic carbocycles. The second-order valence-corrected chi connectivity index (χ2v) is 3.80. The van der Waals surface area contributed by atoms with Crippen molar-refractivity contribution in [1.29, 1.82) is 0 Å². The summed E-state index contributed by atoms with van der Waals surface area (Å²) in [6.45, 7) is 8.36. The van der Waals surface area contributed by atoms with Crippen LogP contribution in [0.5, 0.6) is 5.75 Å². The van der Waals surface area contributed by atoms with E-state index < -0.39 is 0 Å². The van der Waals surface area contributed by atoms with Crippen molar-refractivity contribution in [2.24, 2.45) is 0 Å². The first-order chi connectivity index (χ1) is 7.71. The predicted molar refractivity (Wildman–Crippen MR) is 69.9 cm³/mol. The Labute approximate surface area is 98.5 Å². The first-order valence-electron chi connectivity index (χ1n) is 5.67. The molecule has 0 amide bonds. The summed E-state index contributed by atoms with van der Waals surface area (Å²) in [6.07, 6.45) is 4.11. The van der Waals surface area contributed by atoms with Gasteiger partial charge in [0, 0.05) is 0 Å². The largest absolute Gasteiger partial charge is 0.497 e.